The van der Waals surface area contributed by atoms with Gasteiger partial charge in [-0.3, -0.25) is 0 Å². The highest BCUT2D eigenvalue weighted by Crippen LogP contribution is 2.48. The van der Waals surface area contributed by atoms with Crippen LogP contribution in [0.3, 0.4) is 0 Å². The molecule has 0 spiro atoms. The zero-order valence-corrected chi connectivity index (χ0v) is 29.7. The molecule has 0 saturated heterocycles. The lowest BCUT2D eigenvalue weighted by Crippen LogP contribution is -2.14. The smallest absolute Gasteiger partial charge is 0.161 e. The Kier molecular flexibility index (Phi) is 7.76. The molecule has 2 aliphatic carbocycles. The van der Waals surface area contributed by atoms with E-state index in [9.17, 15) is 0 Å². The number of rotatable bonds is 6. The van der Waals surface area contributed by atoms with Crippen LogP contribution in [0.25, 0.3) is 53.6 Å². The second kappa shape index (κ2) is 12.1. The summed E-state index contributed by atoms with van der Waals surface area (Å²) in [5.74, 6) is 0. The SMILES string of the molecule is CCC1=Cc2c(-c3cccc4ccccc34)cccc2[CH]1[Mg][C]1=C(CC)C(=[Si](C)C)c2c1cccc2-c1cccc2ccccc12. The van der Waals surface area contributed by atoms with Gasteiger partial charge >= 0.3 is 20.4 Å². The fourth-order valence-corrected chi connectivity index (χ4v) is 13.1. The molecule has 0 amide bonds. The Bertz CT molecular complexity index is 2270. The predicted octanol–water partition coefficient (Wildman–Crippen LogP) is 11.6. The average Bonchev–Trinajstić information content (AvgIpc) is 3.63. The Morgan fingerprint density at radius 3 is 1.76 bits per heavy atom. The first-order chi connectivity index (χ1) is 22.6. The summed E-state index contributed by atoms with van der Waals surface area (Å²) in [5.41, 5.74) is 14.9. The van der Waals surface area contributed by atoms with Gasteiger partial charge in [-0.15, -0.1) is 0 Å². The molecule has 0 radical (unpaired) electrons. The highest BCUT2D eigenvalue weighted by Gasteiger charge is 2.35. The standard InChI is InChI=1S/C23H21Si.C21H17.Mg/c1-4-16-15-18-11-8-14-21(22(18)23(16)24(2)3)20-13-7-10-17-9-5-6-12-19(17)20;1-2-15-13-17-9-6-12-20(21(17)14-15)19-11-5-8-16-7-3-4-10-18(16)19;/h5-14H,4H2,1-3H3;3-14H,2H2,1H3;. The van der Waals surface area contributed by atoms with Crippen LogP contribution < -0.4 is 0 Å². The Morgan fingerprint density at radius 2 is 1.11 bits per heavy atom. The molecule has 0 N–H and O–H groups in total. The summed E-state index contributed by atoms with van der Waals surface area (Å²) < 4.78 is 2.25. The zero-order chi connectivity index (χ0) is 31.4. The Balaban J connectivity index is 1.28. The number of hydrogen-bond donors (Lipinski definition) is 0. The summed E-state index contributed by atoms with van der Waals surface area (Å²) in [4.78, 5) is 0. The van der Waals surface area contributed by atoms with E-state index in [-0.39, 0.29) is 0 Å². The van der Waals surface area contributed by atoms with Gasteiger partial charge < -0.3 is 0 Å². The van der Waals surface area contributed by atoms with E-state index in [1.807, 2.05) is 0 Å². The third kappa shape index (κ3) is 4.73. The van der Waals surface area contributed by atoms with E-state index in [2.05, 4.69) is 154 Å². The van der Waals surface area contributed by atoms with Crippen molar-refractivity contribution in [3.8, 4) is 22.3 Å². The molecule has 6 aromatic carbocycles. The van der Waals surface area contributed by atoms with Gasteiger partial charge in [0.05, 0.1) is 0 Å². The number of allylic oxidation sites excluding steroid dienone is 2. The van der Waals surface area contributed by atoms with Gasteiger partial charge in [0.15, 0.2) is 0 Å². The van der Waals surface area contributed by atoms with E-state index >= 15 is 0 Å². The molecule has 0 aromatic heterocycles. The van der Waals surface area contributed by atoms with E-state index < -0.39 is 28.8 Å². The molecule has 46 heavy (non-hydrogen) atoms. The molecule has 1 unspecified atom stereocenters. The fourth-order valence-electron chi connectivity index (χ4n) is 8.42. The van der Waals surface area contributed by atoms with Crippen molar-refractivity contribution in [2.24, 2.45) is 0 Å². The minimum absolute atomic E-state index is 0.532. The van der Waals surface area contributed by atoms with Crippen molar-refractivity contribution < 1.29 is 0 Å². The molecule has 220 valence electrons. The molecule has 1 atom stereocenters. The molecule has 0 aliphatic heterocycles. The van der Waals surface area contributed by atoms with E-state index in [1.54, 1.807) is 31.1 Å². The van der Waals surface area contributed by atoms with Crippen LogP contribution in [0.4, 0.5) is 0 Å². The Morgan fingerprint density at radius 1 is 0.565 bits per heavy atom. The quantitative estimate of drug-likeness (QED) is 0.163. The zero-order valence-electron chi connectivity index (χ0n) is 27.3. The molecule has 0 heterocycles. The van der Waals surface area contributed by atoms with Crippen molar-refractivity contribution in [3.05, 3.63) is 155 Å². The monoisotopic (exact) mass is 618 g/mol. The minimum Gasteiger partial charge on any atom is -0.161 e. The van der Waals surface area contributed by atoms with Gasteiger partial charge in [0, 0.05) is 8.41 Å². The van der Waals surface area contributed by atoms with Gasteiger partial charge in [-0.05, 0) is 78.5 Å². The van der Waals surface area contributed by atoms with Crippen LogP contribution in [0.1, 0.15) is 53.0 Å². The first kappa shape index (κ1) is 29.6. The van der Waals surface area contributed by atoms with Crippen LogP contribution in [-0.2, 0) is 0 Å². The summed E-state index contributed by atoms with van der Waals surface area (Å²) in [6, 6.07) is 45.6. The molecule has 6 aromatic rings. The number of benzene rings is 6. The third-order valence-corrected chi connectivity index (χ3v) is 14.6. The highest BCUT2D eigenvalue weighted by molar-refractivity contribution is 6.80. The normalized spacial score (nSPS) is 15.3. The number of hydrogen-bond acceptors (Lipinski definition) is 0. The van der Waals surface area contributed by atoms with Crippen molar-refractivity contribution in [2.75, 3.05) is 0 Å². The van der Waals surface area contributed by atoms with E-state index in [0.29, 0.717) is 4.05 Å². The lowest BCUT2D eigenvalue weighted by molar-refractivity contribution is 1.00. The topological polar surface area (TPSA) is 0 Å². The van der Waals surface area contributed by atoms with Gasteiger partial charge in [0.1, 0.15) is 0 Å². The largest absolute Gasteiger partial charge is 0.426 e. The van der Waals surface area contributed by atoms with E-state index in [4.69, 9.17) is 0 Å². The molecule has 2 aliphatic rings. The summed E-state index contributed by atoms with van der Waals surface area (Å²) in [7, 11) is -0.707. The fraction of sp³-hybridized carbons (Fsp3) is 0.159. The second-order valence-corrected chi connectivity index (χ2v) is 17.5. The van der Waals surface area contributed by atoms with Gasteiger partial charge in [0.2, 0.25) is 0 Å². The molecule has 8 rings (SSSR count). The lowest BCUT2D eigenvalue weighted by Gasteiger charge is -2.19. The van der Waals surface area contributed by atoms with Crippen molar-refractivity contribution >= 4 is 65.3 Å². The van der Waals surface area contributed by atoms with Crippen LogP contribution in [0.5, 0.6) is 0 Å². The predicted molar refractivity (Wildman–Crippen MR) is 204 cm³/mol. The van der Waals surface area contributed by atoms with Crippen LogP contribution in [-0.4, -0.2) is 33.9 Å². The summed E-state index contributed by atoms with van der Waals surface area (Å²) in [6.07, 6.45) is 4.78. The van der Waals surface area contributed by atoms with Crippen LogP contribution in [0.2, 0.25) is 13.1 Å². The van der Waals surface area contributed by atoms with Crippen LogP contribution in [0, 0.1) is 0 Å². The summed E-state index contributed by atoms with van der Waals surface area (Å²) in [5, 5.41) is 6.99. The molecule has 0 nitrogen and oxygen atoms in total. The van der Waals surface area contributed by atoms with Gasteiger partial charge in [0.25, 0.3) is 0 Å². The maximum absolute atomic E-state index is 2.57. The van der Waals surface area contributed by atoms with Crippen LogP contribution >= 0.6 is 0 Å². The first-order valence-corrected chi connectivity index (χ1v) is 20.9. The van der Waals surface area contributed by atoms with Crippen molar-refractivity contribution in [2.45, 2.75) is 43.8 Å². The molecule has 0 fully saturated rings. The Labute approximate surface area is 284 Å². The second-order valence-electron chi connectivity index (χ2n) is 13.1. The van der Waals surface area contributed by atoms with Crippen molar-refractivity contribution in [1.82, 2.24) is 0 Å². The summed E-state index contributed by atoms with van der Waals surface area (Å²) in [6.45, 7) is 9.77. The molecule has 0 bridgehead atoms. The van der Waals surface area contributed by atoms with Gasteiger partial charge in [-0.1, -0.05) is 175 Å². The summed E-state index contributed by atoms with van der Waals surface area (Å²) >= 11 is -0.701. The highest BCUT2D eigenvalue weighted by atomic mass is 28.2. The molecule has 0 saturated carbocycles. The van der Waals surface area contributed by atoms with Gasteiger partial charge in [-0.25, -0.2) is 0 Å². The van der Waals surface area contributed by atoms with Crippen molar-refractivity contribution in [1.29, 1.82) is 0 Å². The minimum atomic E-state index is -0.707. The molecular formula is C44H38MgSi. The molecular weight excluding hydrogens is 581 g/mol. The third-order valence-electron chi connectivity index (χ3n) is 10.4. The molecule has 2 heteroatoms. The van der Waals surface area contributed by atoms with E-state index in [1.165, 1.54) is 54.9 Å². The van der Waals surface area contributed by atoms with Crippen LogP contribution in [0.15, 0.2) is 132 Å². The maximum atomic E-state index is 2.57. The number of fused-ring (bicyclic) bond motifs is 4. The first-order valence-electron chi connectivity index (χ1n) is 16.9. The lowest BCUT2D eigenvalue weighted by atomic mass is 9.92. The average molecular weight is 619 g/mol. The Hall–Kier alpha value is -3.83. The van der Waals surface area contributed by atoms with E-state index in [0.717, 1.165) is 12.8 Å². The van der Waals surface area contributed by atoms with Crippen molar-refractivity contribution in [3.63, 3.8) is 0 Å². The van der Waals surface area contributed by atoms with Gasteiger partial charge in [-0.2, -0.15) is 3.70 Å². The maximum Gasteiger partial charge on any atom is 0.426 e.